The van der Waals surface area contributed by atoms with Crippen LogP contribution in [0.5, 0.6) is 5.75 Å². The van der Waals surface area contributed by atoms with Crippen molar-refractivity contribution in [1.29, 1.82) is 0 Å². The molecule has 5 aromatic rings. The number of carbonyl (C=O) groups is 1. The van der Waals surface area contributed by atoms with Crippen molar-refractivity contribution in [3.63, 3.8) is 0 Å². The lowest BCUT2D eigenvalue weighted by Crippen LogP contribution is -2.46. The number of aryl methyl sites for hydroxylation is 2. The standard InChI is InChI=1S/C36H42N8O4S2/c1-23-7-9-26(10-8-23)50(46,47)44-19-13-27-34(38-28-14-20-49-32(28)33(37)45)40-36(41-35(27)44)39-29-21-24(2)30(22-31(29)48-3)43-17-11-25(12-18-43)42-15-5-4-6-16-42/h7-10,13-14,19-22,25H,4-6,11-12,15-18H2,1-3H3,(H2,37,45)(H2,38,39,40,41). The largest absolute Gasteiger partial charge is 0.494 e. The highest BCUT2D eigenvalue weighted by molar-refractivity contribution is 7.90. The SMILES string of the molecule is COc1cc(N2CCC(N3CCCCC3)CC2)c(C)cc1Nc1nc(Nc2ccsc2C(N)=O)c2ccn(S(=O)(=O)c3ccc(C)cc3)c2n1. The van der Waals surface area contributed by atoms with Crippen molar-refractivity contribution in [2.75, 3.05) is 48.8 Å². The maximum absolute atomic E-state index is 13.9. The molecular formula is C36H42N8O4S2. The number of nitrogens with two attached hydrogens (primary N) is 1. The molecule has 3 aromatic heterocycles. The number of piperidine rings is 2. The molecule has 0 atom stereocenters. The van der Waals surface area contributed by atoms with Crippen molar-refractivity contribution in [3.05, 3.63) is 76.1 Å². The van der Waals surface area contributed by atoms with E-state index >= 15 is 0 Å². The zero-order chi connectivity index (χ0) is 35.0. The van der Waals surface area contributed by atoms with Gasteiger partial charge in [0.25, 0.3) is 15.9 Å². The summed E-state index contributed by atoms with van der Waals surface area (Å²) in [4.78, 5) is 27.2. The van der Waals surface area contributed by atoms with Gasteiger partial charge >= 0.3 is 0 Å². The molecule has 0 saturated carbocycles. The number of anilines is 5. The molecule has 2 fully saturated rings. The topological polar surface area (TPSA) is 148 Å². The Hall–Kier alpha value is -4.66. The monoisotopic (exact) mass is 714 g/mol. The molecule has 14 heteroatoms. The molecule has 5 heterocycles. The van der Waals surface area contributed by atoms with Crippen molar-refractivity contribution in [2.45, 2.75) is 56.9 Å². The first-order chi connectivity index (χ1) is 24.1. The summed E-state index contributed by atoms with van der Waals surface area (Å²) in [6.07, 6.45) is 7.68. The van der Waals surface area contributed by atoms with Gasteiger partial charge in [0.1, 0.15) is 16.4 Å². The third-order valence-electron chi connectivity index (χ3n) is 9.71. The summed E-state index contributed by atoms with van der Waals surface area (Å²) in [5, 5.41) is 8.70. The molecule has 2 aliphatic heterocycles. The van der Waals surface area contributed by atoms with Crippen molar-refractivity contribution >= 4 is 67.1 Å². The molecule has 2 aromatic carbocycles. The summed E-state index contributed by atoms with van der Waals surface area (Å²) < 4.78 is 34.8. The predicted octanol–water partition coefficient (Wildman–Crippen LogP) is 6.40. The number of ether oxygens (including phenoxy) is 1. The number of methoxy groups -OCH3 is 1. The Balaban J connectivity index is 1.23. The van der Waals surface area contributed by atoms with Gasteiger partial charge in [0, 0.05) is 37.1 Å². The highest BCUT2D eigenvalue weighted by Gasteiger charge is 2.28. The summed E-state index contributed by atoms with van der Waals surface area (Å²) in [5.74, 6) is 0.475. The van der Waals surface area contributed by atoms with Crippen molar-refractivity contribution in [2.24, 2.45) is 5.73 Å². The molecule has 0 spiro atoms. The van der Waals surface area contributed by atoms with Crippen molar-refractivity contribution in [1.82, 2.24) is 18.8 Å². The Morgan fingerprint density at radius 1 is 0.940 bits per heavy atom. The van der Waals surface area contributed by atoms with E-state index in [2.05, 4.69) is 27.4 Å². The number of amides is 1. The second-order valence-electron chi connectivity index (χ2n) is 13.0. The maximum Gasteiger partial charge on any atom is 0.269 e. The van der Waals surface area contributed by atoms with E-state index in [4.69, 9.17) is 20.4 Å². The van der Waals surface area contributed by atoms with E-state index in [-0.39, 0.29) is 16.5 Å². The Morgan fingerprint density at radius 3 is 2.38 bits per heavy atom. The lowest BCUT2D eigenvalue weighted by Gasteiger charge is -2.41. The summed E-state index contributed by atoms with van der Waals surface area (Å²) in [6, 6.07) is 14.7. The number of thiophene rings is 1. The van der Waals surface area contributed by atoms with Crippen molar-refractivity contribution in [3.8, 4) is 5.75 Å². The fourth-order valence-electron chi connectivity index (χ4n) is 7.05. The van der Waals surface area contributed by atoms with E-state index in [1.165, 1.54) is 49.9 Å². The van der Waals surface area contributed by atoms with Gasteiger partial charge in [0.2, 0.25) is 5.95 Å². The van der Waals surface area contributed by atoms with Gasteiger partial charge in [0.15, 0.2) is 5.65 Å². The van der Waals surface area contributed by atoms with Crippen LogP contribution in [0.4, 0.5) is 28.8 Å². The second kappa shape index (κ2) is 13.9. The van der Waals surface area contributed by atoms with Crippen molar-refractivity contribution < 1.29 is 17.9 Å². The van der Waals surface area contributed by atoms with Gasteiger partial charge in [-0.1, -0.05) is 24.1 Å². The first kappa shape index (κ1) is 33.8. The fourth-order valence-corrected chi connectivity index (χ4v) is 9.04. The quantitative estimate of drug-likeness (QED) is 0.149. The van der Waals surface area contributed by atoms with Crippen LogP contribution in [0.2, 0.25) is 0 Å². The van der Waals surface area contributed by atoms with Gasteiger partial charge in [0.05, 0.1) is 28.8 Å². The van der Waals surface area contributed by atoms with Gasteiger partial charge in [-0.25, -0.2) is 12.4 Å². The molecule has 50 heavy (non-hydrogen) atoms. The van der Waals surface area contributed by atoms with E-state index in [0.717, 1.165) is 46.7 Å². The third kappa shape index (κ3) is 6.62. The van der Waals surface area contributed by atoms with Crippen LogP contribution in [-0.4, -0.2) is 72.5 Å². The smallest absolute Gasteiger partial charge is 0.269 e. The summed E-state index contributed by atoms with van der Waals surface area (Å²) >= 11 is 1.20. The summed E-state index contributed by atoms with van der Waals surface area (Å²) in [6.45, 7) is 8.37. The first-order valence-corrected chi connectivity index (χ1v) is 19.2. The lowest BCUT2D eigenvalue weighted by molar-refractivity contribution is 0.100. The normalized spacial score (nSPS) is 16.1. The number of aromatic nitrogens is 3. The van der Waals surface area contributed by atoms with Gasteiger partial charge < -0.3 is 30.9 Å². The lowest BCUT2D eigenvalue weighted by atomic mass is 9.98. The Kier molecular flexibility index (Phi) is 9.42. The molecule has 0 bridgehead atoms. The van der Waals surface area contributed by atoms with Crippen LogP contribution in [-0.2, 0) is 10.0 Å². The summed E-state index contributed by atoms with van der Waals surface area (Å²) in [7, 11) is -2.39. The molecule has 2 saturated heterocycles. The molecule has 1 amide bonds. The molecular weight excluding hydrogens is 673 g/mol. The van der Waals surface area contributed by atoms with Crippen LogP contribution in [0.25, 0.3) is 11.0 Å². The highest BCUT2D eigenvalue weighted by Crippen LogP contribution is 2.38. The zero-order valence-electron chi connectivity index (χ0n) is 28.5. The van der Waals surface area contributed by atoms with Gasteiger partial charge in [-0.15, -0.1) is 11.3 Å². The first-order valence-electron chi connectivity index (χ1n) is 16.9. The number of fused-ring (bicyclic) bond motifs is 1. The maximum atomic E-state index is 13.9. The number of nitrogens with zero attached hydrogens (tertiary/aromatic N) is 5. The molecule has 4 N–H and O–H groups in total. The molecule has 2 aliphatic rings. The number of primary amides is 1. The van der Waals surface area contributed by atoms with Gasteiger partial charge in [-0.3, -0.25) is 4.79 Å². The molecule has 0 unspecified atom stereocenters. The number of nitrogens with one attached hydrogen (secondary N) is 2. The number of rotatable bonds is 10. The minimum Gasteiger partial charge on any atom is -0.494 e. The van der Waals surface area contributed by atoms with E-state index < -0.39 is 15.9 Å². The van der Waals surface area contributed by atoms with Crippen LogP contribution >= 0.6 is 11.3 Å². The average Bonchev–Trinajstić information content (AvgIpc) is 3.77. The summed E-state index contributed by atoms with van der Waals surface area (Å²) in [5.41, 5.74) is 10.0. The third-order valence-corrected chi connectivity index (χ3v) is 12.3. The van der Waals surface area contributed by atoms with E-state index in [9.17, 15) is 13.2 Å². The minimum atomic E-state index is -4.01. The van der Waals surface area contributed by atoms with Gasteiger partial charge in [-0.05, 0) is 93.9 Å². The van der Waals surface area contributed by atoms with E-state index in [1.807, 2.05) is 19.1 Å². The highest BCUT2D eigenvalue weighted by atomic mass is 32.2. The molecule has 12 nitrogen and oxygen atoms in total. The molecule has 7 rings (SSSR count). The van der Waals surface area contributed by atoms with Crippen LogP contribution in [0.15, 0.2) is 65.0 Å². The fraction of sp³-hybridized carbons (Fsp3) is 0.361. The number of carbonyl (C=O) groups excluding carboxylic acids is 1. The van der Waals surface area contributed by atoms with Gasteiger partial charge in [-0.2, -0.15) is 9.97 Å². The second-order valence-corrected chi connectivity index (χ2v) is 15.7. The number of hydrogen-bond donors (Lipinski definition) is 3. The molecule has 0 aliphatic carbocycles. The van der Waals surface area contributed by atoms with E-state index in [0.29, 0.717) is 39.2 Å². The zero-order valence-corrected chi connectivity index (χ0v) is 30.1. The number of benzene rings is 2. The average molecular weight is 715 g/mol. The number of hydrogen-bond acceptors (Lipinski definition) is 11. The number of likely N-dealkylation sites (tertiary alicyclic amines) is 1. The van der Waals surface area contributed by atoms with Crippen LogP contribution in [0.1, 0.15) is 52.9 Å². The van der Waals surface area contributed by atoms with Crippen LogP contribution in [0.3, 0.4) is 0 Å². The van der Waals surface area contributed by atoms with Crippen LogP contribution < -0.4 is 26.0 Å². The Bertz CT molecular complexity index is 2130. The molecule has 0 radical (unpaired) electrons. The molecule has 262 valence electrons. The van der Waals surface area contributed by atoms with Crippen LogP contribution in [0, 0.1) is 13.8 Å². The van der Waals surface area contributed by atoms with E-state index in [1.54, 1.807) is 48.9 Å². The Labute approximate surface area is 296 Å². The Morgan fingerprint density at radius 2 is 1.68 bits per heavy atom. The minimum absolute atomic E-state index is 0.130. The predicted molar refractivity (Wildman–Crippen MR) is 199 cm³/mol.